The summed E-state index contributed by atoms with van der Waals surface area (Å²) in [7, 11) is 0. The van der Waals surface area contributed by atoms with Gasteiger partial charge in [-0.1, -0.05) is 6.07 Å². The molecule has 2 aliphatic heterocycles. The summed E-state index contributed by atoms with van der Waals surface area (Å²) in [6.45, 7) is 1.82. The summed E-state index contributed by atoms with van der Waals surface area (Å²) >= 11 is 0. The van der Waals surface area contributed by atoms with Gasteiger partial charge in [0, 0.05) is 18.5 Å². The number of hydrogen-bond donors (Lipinski definition) is 1. The zero-order chi connectivity index (χ0) is 20.3. The Labute approximate surface area is 174 Å². The minimum atomic E-state index is -0.459. The van der Waals surface area contributed by atoms with E-state index in [2.05, 4.69) is 5.32 Å². The molecule has 8 heteroatoms. The number of cyclic esters (lactones) is 1. The zero-order valence-corrected chi connectivity index (χ0v) is 16.7. The molecule has 4 heterocycles. The van der Waals surface area contributed by atoms with E-state index in [1.807, 2.05) is 41.1 Å². The number of carbonyl (C=O) groups excluding carboxylic acids is 1. The van der Waals surface area contributed by atoms with Crippen molar-refractivity contribution >= 4 is 17.0 Å². The molecule has 5 rings (SSSR count). The van der Waals surface area contributed by atoms with Crippen molar-refractivity contribution in [2.75, 3.05) is 19.8 Å². The summed E-state index contributed by atoms with van der Waals surface area (Å²) < 4.78 is 19.2. The Hall–Kier alpha value is -3.13. The van der Waals surface area contributed by atoms with Crippen molar-refractivity contribution in [1.29, 1.82) is 0 Å². The first-order chi connectivity index (χ1) is 14.8. The van der Waals surface area contributed by atoms with Gasteiger partial charge in [-0.15, -0.1) is 0 Å². The van der Waals surface area contributed by atoms with Gasteiger partial charge in [-0.25, -0.2) is 14.5 Å². The van der Waals surface area contributed by atoms with Crippen LogP contribution in [-0.2, 0) is 16.1 Å². The average molecular weight is 408 g/mol. The van der Waals surface area contributed by atoms with E-state index >= 15 is 0 Å². The molecule has 156 valence electrons. The Morgan fingerprint density at radius 2 is 2.03 bits per heavy atom. The number of pyridine rings is 1. The Morgan fingerprint density at radius 3 is 2.93 bits per heavy atom. The number of alkyl carbamates (subject to hydrolysis) is 1. The minimum absolute atomic E-state index is 0.0809. The van der Waals surface area contributed by atoms with Gasteiger partial charge in [0.2, 0.25) is 0 Å². The van der Waals surface area contributed by atoms with Gasteiger partial charge in [0.25, 0.3) is 0 Å². The van der Waals surface area contributed by atoms with Crippen LogP contribution in [0.25, 0.3) is 22.3 Å². The second kappa shape index (κ2) is 8.31. The Bertz CT molecular complexity index is 1060. The van der Waals surface area contributed by atoms with Gasteiger partial charge in [-0.3, -0.25) is 0 Å². The van der Waals surface area contributed by atoms with E-state index in [0.717, 1.165) is 53.9 Å². The Kier molecular flexibility index (Phi) is 5.23. The fourth-order valence-corrected chi connectivity index (χ4v) is 3.87. The van der Waals surface area contributed by atoms with E-state index in [4.69, 9.17) is 24.3 Å². The van der Waals surface area contributed by atoms with Crippen LogP contribution in [0.2, 0.25) is 0 Å². The summed E-state index contributed by atoms with van der Waals surface area (Å²) in [5, 5.41) is 8.60. The van der Waals surface area contributed by atoms with Crippen LogP contribution in [0.3, 0.4) is 0 Å². The third-order valence-corrected chi connectivity index (χ3v) is 5.37. The summed E-state index contributed by atoms with van der Waals surface area (Å²) in [4.78, 5) is 16.6. The van der Waals surface area contributed by atoms with Gasteiger partial charge < -0.3 is 19.5 Å². The molecule has 1 N–H and O–H groups in total. The number of benzene rings is 1. The van der Waals surface area contributed by atoms with E-state index in [-0.39, 0.29) is 12.8 Å². The summed E-state index contributed by atoms with van der Waals surface area (Å²) in [6, 6.07) is 11.7. The highest BCUT2D eigenvalue weighted by molar-refractivity contribution is 5.93. The van der Waals surface area contributed by atoms with Crippen molar-refractivity contribution in [2.45, 2.75) is 38.5 Å². The van der Waals surface area contributed by atoms with Gasteiger partial charge in [0.1, 0.15) is 18.1 Å². The van der Waals surface area contributed by atoms with E-state index in [1.54, 1.807) is 0 Å². The highest BCUT2D eigenvalue weighted by Crippen LogP contribution is 2.34. The van der Waals surface area contributed by atoms with Gasteiger partial charge >= 0.3 is 6.09 Å². The van der Waals surface area contributed by atoms with Gasteiger partial charge in [-0.2, -0.15) is 5.10 Å². The standard InChI is InChI=1S/C22H24N4O4/c27-22-23-10-4-12-28-16-8-9-19-17(13-16)21(18-6-3-5-15(24-18)14-30-22)25-26(19)20-7-1-2-11-29-20/h3,5-6,8-9,13,20H,1-2,4,7,10-12,14H2,(H,23,27). The fraction of sp³-hybridized carbons (Fsp3) is 0.409. The number of fused-ring (bicyclic) bond motifs is 4. The van der Waals surface area contributed by atoms with Crippen LogP contribution in [-0.4, -0.2) is 40.6 Å². The van der Waals surface area contributed by atoms with Crippen molar-refractivity contribution in [3.8, 4) is 17.1 Å². The molecule has 3 aromatic rings. The molecule has 1 atom stereocenters. The molecule has 1 saturated heterocycles. The number of aromatic nitrogens is 3. The molecule has 1 amide bonds. The number of nitrogens with zero attached hydrogens (tertiary/aromatic N) is 3. The molecule has 0 spiro atoms. The van der Waals surface area contributed by atoms with Crippen LogP contribution in [0.5, 0.6) is 5.75 Å². The maximum absolute atomic E-state index is 11.9. The van der Waals surface area contributed by atoms with Crippen LogP contribution >= 0.6 is 0 Å². The smallest absolute Gasteiger partial charge is 0.407 e. The van der Waals surface area contributed by atoms with E-state index in [9.17, 15) is 4.79 Å². The van der Waals surface area contributed by atoms with Crippen LogP contribution in [0.15, 0.2) is 36.4 Å². The minimum Gasteiger partial charge on any atom is -0.494 e. The lowest BCUT2D eigenvalue weighted by Crippen LogP contribution is -2.26. The number of hydrogen-bond acceptors (Lipinski definition) is 6. The fourth-order valence-electron chi connectivity index (χ4n) is 3.87. The quantitative estimate of drug-likeness (QED) is 0.659. The third kappa shape index (κ3) is 3.82. The highest BCUT2D eigenvalue weighted by Gasteiger charge is 2.23. The molecule has 0 radical (unpaired) electrons. The average Bonchev–Trinajstić information content (AvgIpc) is 3.17. The van der Waals surface area contributed by atoms with E-state index < -0.39 is 6.09 Å². The van der Waals surface area contributed by atoms with Crippen LogP contribution < -0.4 is 10.1 Å². The van der Waals surface area contributed by atoms with E-state index in [1.165, 1.54) is 0 Å². The lowest BCUT2D eigenvalue weighted by molar-refractivity contribution is -0.0365. The first-order valence-corrected chi connectivity index (χ1v) is 10.4. The molecule has 0 aliphatic carbocycles. The molecule has 1 fully saturated rings. The Balaban J connectivity index is 1.61. The lowest BCUT2D eigenvalue weighted by Gasteiger charge is -2.23. The first kappa shape index (κ1) is 18.9. The van der Waals surface area contributed by atoms with Crippen molar-refractivity contribution in [1.82, 2.24) is 20.1 Å². The third-order valence-electron chi connectivity index (χ3n) is 5.37. The number of ether oxygens (including phenoxy) is 3. The highest BCUT2D eigenvalue weighted by atomic mass is 16.5. The second-order valence-corrected chi connectivity index (χ2v) is 7.51. The zero-order valence-electron chi connectivity index (χ0n) is 16.7. The van der Waals surface area contributed by atoms with Crippen LogP contribution in [0.1, 0.15) is 37.6 Å². The predicted molar refractivity (Wildman–Crippen MR) is 110 cm³/mol. The van der Waals surface area contributed by atoms with Crippen molar-refractivity contribution < 1.29 is 19.0 Å². The monoisotopic (exact) mass is 408 g/mol. The topological polar surface area (TPSA) is 87.5 Å². The summed E-state index contributed by atoms with van der Waals surface area (Å²) in [5.74, 6) is 0.765. The first-order valence-electron chi connectivity index (χ1n) is 10.4. The molecule has 1 aromatic carbocycles. The molecule has 8 nitrogen and oxygen atoms in total. The number of amides is 1. The number of rotatable bonds is 1. The number of nitrogens with one attached hydrogen (secondary N) is 1. The van der Waals surface area contributed by atoms with E-state index in [0.29, 0.717) is 25.3 Å². The molecule has 4 bridgehead atoms. The predicted octanol–water partition coefficient (Wildman–Crippen LogP) is 3.81. The van der Waals surface area contributed by atoms with Crippen LogP contribution in [0.4, 0.5) is 4.79 Å². The summed E-state index contributed by atoms with van der Waals surface area (Å²) in [5.41, 5.74) is 3.16. The normalized spacial score (nSPS) is 20.0. The van der Waals surface area contributed by atoms with Gasteiger partial charge in [-0.05, 0) is 56.0 Å². The summed E-state index contributed by atoms with van der Waals surface area (Å²) in [6.07, 6.45) is 3.28. The lowest BCUT2D eigenvalue weighted by atomic mass is 10.1. The molecular weight excluding hydrogens is 384 g/mol. The molecule has 1 unspecified atom stereocenters. The second-order valence-electron chi connectivity index (χ2n) is 7.51. The molecular formula is C22H24N4O4. The van der Waals surface area contributed by atoms with Crippen molar-refractivity contribution in [3.63, 3.8) is 0 Å². The maximum Gasteiger partial charge on any atom is 0.407 e. The SMILES string of the molecule is O=C1NCCCOc2ccc3c(c2)c(nn3C2CCCCO2)-c2cccc(n2)CO1. The molecule has 30 heavy (non-hydrogen) atoms. The number of carbonyl (C=O) groups is 1. The largest absolute Gasteiger partial charge is 0.494 e. The van der Waals surface area contributed by atoms with Crippen LogP contribution in [0, 0.1) is 0 Å². The van der Waals surface area contributed by atoms with Gasteiger partial charge in [0.15, 0.2) is 6.23 Å². The molecule has 2 aliphatic rings. The van der Waals surface area contributed by atoms with Crippen molar-refractivity contribution in [3.05, 3.63) is 42.1 Å². The molecule has 0 saturated carbocycles. The Morgan fingerprint density at radius 1 is 1.07 bits per heavy atom. The van der Waals surface area contributed by atoms with Gasteiger partial charge in [0.05, 0.1) is 23.5 Å². The van der Waals surface area contributed by atoms with Crippen molar-refractivity contribution in [2.24, 2.45) is 0 Å². The maximum atomic E-state index is 11.9. The molecule has 2 aromatic heterocycles.